The van der Waals surface area contributed by atoms with E-state index < -0.39 is 6.36 Å². The van der Waals surface area contributed by atoms with Crippen molar-refractivity contribution in [1.29, 1.82) is 0 Å². The molecule has 1 saturated carbocycles. The lowest BCUT2D eigenvalue weighted by atomic mass is 9.74. The molecule has 0 atom stereocenters. The maximum atomic E-state index is 14.3. The number of anilines is 3. The normalized spacial score (nSPS) is 22.5. The van der Waals surface area contributed by atoms with Gasteiger partial charge in [-0.1, -0.05) is 24.4 Å². The maximum absolute atomic E-state index is 14.3. The summed E-state index contributed by atoms with van der Waals surface area (Å²) in [4.78, 5) is 78.1. The molecule has 3 aromatic rings. The molecule has 13 rings (SSSR count). The largest absolute Gasteiger partial charge is 0.573 e. The van der Waals surface area contributed by atoms with E-state index in [1.807, 2.05) is 40.7 Å². The third-order valence-corrected chi connectivity index (χ3v) is 22.6. The molecule has 7 fully saturated rings. The van der Waals surface area contributed by atoms with Crippen molar-refractivity contribution in [1.82, 2.24) is 29.4 Å². The second-order valence-electron chi connectivity index (χ2n) is 27.6. The number of fused-ring (bicyclic) bond motifs is 6. The van der Waals surface area contributed by atoms with E-state index in [1.54, 1.807) is 28.9 Å². The van der Waals surface area contributed by atoms with Crippen LogP contribution in [-0.4, -0.2) is 202 Å². The number of nitrogens with zero attached hydrogens (tertiary/aromatic N) is 8. The van der Waals surface area contributed by atoms with Crippen LogP contribution in [0.1, 0.15) is 147 Å². The fraction of sp³-hybridized carbons (Fsp3) is 0.671. The van der Waals surface area contributed by atoms with Crippen LogP contribution in [0, 0.1) is 17.7 Å². The van der Waals surface area contributed by atoms with Gasteiger partial charge < -0.3 is 63.5 Å². The van der Waals surface area contributed by atoms with Crippen molar-refractivity contribution in [2.45, 2.75) is 165 Å². The quantitative estimate of drug-likeness (QED) is 0.159. The first-order valence-corrected chi connectivity index (χ1v) is 34.9. The van der Waals surface area contributed by atoms with Crippen molar-refractivity contribution in [3.8, 4) is 5.75 Å². The topological polar surface area (TPSA) is 160 Å². The van der Waals surface area contributed by atoms with Gasteiger partial charge in [0.25, 0.3) is 0 Å². The van der Waals surface area contributed by atoms with Crippen molar-refractivity contribution in [3.05, 3.63) is 82.1 Å². The van der Waals surface area contributed by atoms with Gasteiger partial charge in [-0.25, -0.2) is 18.8 Å². The van der Waals surface area contributed by atoms with Crippen LogP contribution in [-0.2, 0) is 40.0 Å². The Morgan fingerprint density at radius 1 is 0.559 bits per heavy atom. The van der Waals surface area contributed by atoms with Gasteiger partial charge in [0.05, 0.1) is 19.8 Å². The molecule has 9 heterocycles. The number of rotatable bonds is 9. The molecule has 23 heteroatoms. The summed E-state index contributed by atoms with van der Waals surface area (Å²) in [5.74, 6) is 0.298. The minimum Gasteiger partial charge on any atom is -0.450 e. The number of piperidine rings is 6. The highest BCUT2D eigenvalue weighted by molar-refractivity contribution is 6.30. The third kappa shape index (κ3) is 15.4. The number of nitrogens with one attached hydrogen (secondary N) is 1. The van der Waals surface area contributed by atoms with Crippen molar-refractivity contribution in [2.24, 2.45) is 11.8 Å². The van der Waals surface area contributed by atoms with E-state index in [-0.39, 0.29) is 63.8 Å². The number of carbonyl (C=O) groups excluding carboxylic acids is 5. The van der Waals surface area contributed by atoms with E-state index in [9.17, 15) is 41.5 Å². The van der Waals surface area contributed by atoms with E-state index in [0.29, 0.717) is 69.7 Å². The number of ether oxygens (including phenoxy) is 4. The number of hydrogen-bond donors (Lipinski definition) is 1. The van der Waals surface area contributed by atoms with Crippen LogP contribution in [0.25, 0.3) is 0 Å². The summed E-state index contributed by atoms with van der Waals surface area (Å²) in [5, 5.41) is 4.41. The summed E-state index contributed by atoms with van der Waals surface area (Å²) >= 11 is 6.26. The summed E-state index contributed by atoms with van der Waals surface area (Å²) in [5.41, 5.74) is 5.81. The SMILES string of the molecule is CCOC(=O)N1CCC(CN2CCC3(CC2)CN(C(C)=O)c2ccc(OC(F)(F)F)cc23)CC1.CCOC(=O)N1CCC(N2CCC3(CC2)CN(C(=O)C2CCCC2)c2ccc(F)cc23)CC1.CCOC(=O)N1CCC(N2CCC3(CC2)CNc2ccc(Cl)cc23)CC1. The van der Waals surface area contributed by atoms with Gasteiger partial charge in [-0.3, -0.25) is 9.59 Å². The molecule has 0 aromatic heterocycles. The first kappa shape index (κ1) is 68.3. The molecule has 1 aliphatic carbocycles. The number of hydrogen-bond acceptors (Lipinski definition) is 13. The van der Waals surface area contributed by atoms with Gasteiger partial charge in [0.15, 0.2) is 0 Å². The monoisotopic (exact) mass is 1320 g/mol. The Hall–Kier alpha value is -6.10. The predicted molar refractivity (Wildman–Crippen MR) is 349 cm³/mol. The Kier molecular flexibility index (Phi) is 21.7. The molecule has 0 bridgehead atoms. The highest BCUT2D eigenvalue weighted by Gasteiger charge is 2.50. The predicted octanol–water partition coefficient (Wildman–Crippen LogP) is 12.2. The first-order chi connectivity index (χ1) is 44.7. The lowest BCUT2D eigenvalue weighted by molar-refractivity contribution is -0.274. The van der Waals surface area contributed by atoms with E-state index in [2.05, 4.69) is 36.9 Å². The number of alkyl halides is 3. The van der Waals surface area contributed by atoms with Crippen molar-refractivity contribution >= 4 is 58.8 Å². The molecule has 9 aliphatic heterocycles. The Morgan fingerprint density at radius 2 is 1.03 bits per heavy atom. The lowest BCUT2D eigenvalue weighted by Crippen LogP contribution is -2.52. The smallest absolute Gasteiger partial charge is 0.450 e. The summed E-state index contributed by atoms with van der Waals surface area (Å²) in [7, 11) is 0. The lowest BCUT2D eigenvalue weighted by Gasteiger charge is -2.45. The van der Waals surface area contributed by atoms with Crippen LogP contribution in [0.4, 0.5) is 49.0 Å². The molecule has 510 valence electrons. The number of halogens is 5. The molecule has 6 saturated heterocycles. The zero-order chi connectivity index (χ0) is 65.7. The minimum atomic E-state index is -4.76. The maximum Gasteiger partial charge on any atom is 0.573 e. The van der Waals surface area contributed by atoms with Crippen LogP contribution in [0.2, 0.25) is 5.02 Å². The zero-order valence-electron chi connectivity index (χ0n) is 54.9. The zero-order valence-corrected chi connectivity index (χ0v) is 55.7. The van der Waals surface area contributed by atoms with Gasteiger partial charge in [0.1, 0.15) is 11.6 Å². The highest BCUT2D eigenvalue weighted by atomic mass is 35.5. The van der Waals surface area contributed by atoms with E-state index >= 15 is 0 Å². The number of carbonyl (C=O) groups is 5. The van der Waals surface area contributed by atoms with Gasteiger partial charge in [-0.2, -0.15) is 0 Å². The summed E-state index contributed by atoms with van der Waals surface area (Å²) < 4.78 is 72.2. The molecule has 18 nitrogen and oxygen atoms in total. The Labute approximate surface area is 550 Å². The fourth-order valence-corrected chi connectivity index (χ4v) is 17.2. The van der Waals surface area contributed by atoms with Crippen LogP contribution in [0.5, 0.6) is 5.75 Å². The highest BCUT2D eigenvalue weighted by Crippen LogP contribution is 2.51. The summed E-state index contributed by atoms with van der Waals surface area (Å²) in [6.45, 7) is 21.6. The molecule has 93 heavy (non-hydrogen) atoms. The minimum absolute atomic E-state index is 0.113. The molecule has 0 unspecified atom stereocenters. The van der Waals surface area contributed by atoms with Crippen LogP contribution in [0.15, 0.2) is 54.6 Å². The molecule has 0 radical (unpaired) electrons. The Balaban J connectivity index is 0.000000144. The van der Waals surface area contributed by atoms with Gasteiger partial charge in [-0.05, 0) is 227 Å². The summed E-state index contributed by atoms with van der Waals surface area (Å²) in [6, 6.07) is 16.6. The van der Waals surface area contributed by atoms with Crippen LogP contribution < -0.4 is 19.9 Å². The number of benzene rings is 3. The second kappa shape index (κ2) is 29.5. The van der Waals surface area contributed by atoms with Crippen LogP contribution >= 0.6 is 11.6 Å². The van der Waals surface area contributed by atoms with E-state index in [4.69, 9.17) is 25.8 Å². The number of likely N-dealkylation sites (tertiary alicyclic amines) is 6. The van der Waals surface area contributed by atoms with Gasteiger partial charge in [-0.15, -0.1) is 13.2 Å². The van der Waals surface area contributed by atoms with Gasteiger partial charge in [0.2, 0.25) is 11.8 Å². The van der Waals surface area contributed by atoms with E-state index in [1.165, 1.54) is 49.2 Å². The molecule has 5 amide bonds. The Bertz CT molecular complexity index is 3110. The average Bonchev–Trinajstić information content (AvgIpc) is 1.60. The van der Waals surface area contributed by atoms with Crippen molar-refractivity contribution < 1.29 is 60.5 Å². The first-order valence-electron chi connectivity index (χ1n) is 34.5. The molecule has 1 N–H and O–H groups in total. The summed E-state index contributed by atoms with van der Waals surface area (Å²) in [6.07, 6.45) is 10.5. The molecular formula is C70H96ClF4N9O9. The number of amides is 5. The molecular weight excluding hydrogens is 1220 g/mol. The fourth-order valence-electron chi connectivity index (χ4n) is 17.1. The van der Waals surface area contributed by atoms with Crippen molar-refractivity contribution in [3.63, 3.8) is 0 Å². The van der Waals surface area contributed by atoms with Crippen LogP contribution in [0.3, 0.4) is 0 Å². The molecule has 10 aliphatic rings. The van der Waals surface area contributed by atoms with Gasteiger partial charge >= 0.3 is 24.6 Å². The molecule has 3 aromatic carbocycles. The standard InChI is InChI=1S/C26H36FN3O3.C24H32F3N3O4.C20H28ClN3O2/c1-2-33-25(32)29-13-9-21(10-14-29)28-15-11-26(12-16-28)18-30(24(31)19-5-3-4-6-19)23-8-7-20(27)17-22(23)26;1-3-33-22(32)29-10-6-18(7-11-29)15-28-12-8-23(9-13-28)16-30(17(2)31)21-5-4-19(14-20(21)23)34-24(25,26)27;1-2-26-19(25)24-9-5-16(6-10-24)23-11-7-20(8-12-23)14-22-18-4-3-15(21)13-17(18)20/h7-8,17,19,21H,2-6,9-16,18H2,1H3;4-5,14,18H,3,6-13,15-16H2,1-2H3;3-4,13,16,22H,2,5-12,14H2,1H3. The van der Waals surface area contributed by atoms with E-state index in [0.717, 1.165) is 190 Å². The molecule has 3 spiro atoms. The average molecular weight is 1320 g/mol. The second-order valence-corrected chi connectivity index (χ2v) is 28.1. The van der Waals surface area contributed by atoms with Crippen molar-refractivity contribution in [2.75, 3.05) is 140 Å². The van der Waals surface area contributed by atoms with Gasteiger partial charge in [0, 0.05) is 129 Å². The third-order valence-electron chi connectivity index (χ3n) is 22.3. The Morgan fingerprint density at radius 3 is 1.55 bits per heavy atom.